The number of hydrogen-bond donors (Lipinski definition) is 2. The smallest absolute Gasteiger partial charge is 0.244 e. The summed E-state index contributed by atoms with van der Waals surface area (Å²) < 4.78 is 10.8. The molecule has 0 aliphatic rings. The van der Waals surface area contributed by atoms with Gasteiger partial charge in [0.15, 0.2) is 5.82 Å². The van der Waals surface area contributed by atoms with Gasteiger partial charge in [0.2, 0.25) is 5.95 Å². The van der Waals surface area contributed by atoms with Crippen molar-refractivity contribution in [2.45, 2.75) is 26.4 Å². The van der Waals surface area contributed by atoms with Crippen LogP contribution in [0, 0.1) is 0 Å². The molecule has 23 heavy (non-hydrogen) atoms. The predicted octanol–water partition coefficient (Wildman–Crippen LogP) is 2.85. The molecule has 0 amide bonds. The van der Waals surface area contributed by atoms with Gasteiger partial charge in [0.1, 0.15) is 5.75 Å². The minimum absolute atomic E-state index is 0.0967. The summed E-state index contributed by atoms with van der Waals surface area (Å²) in [5, 5.41) is 14.3. The highest BCUT2D eigenvalue weighted by Crippen LogP contribution is 2.27. The fourth-order valence-corrected chi connectivity index (χ4v) is 1.92. The van der Waals surface area contributed by atoms with Crippen molar-refractivity contribution in [2.24, 2.45) is 0 Å². The second-order valence-corrected chi connectivity index (χ2v) is 5.23. The summed E-state index contributed by atoms with van der Waals surface area (Å²) in [5.41, 5.74) is 0.840. The molecule has 1 aromatic carbocycles. The standard InChI is InChI=1S/C16H23N5O2/c1-12(2)23-14-8-5-4-7-13(14)19-15-11-18-21-16(20-15)17-9-6-10-22-3/h4-5,7-8,11-12H,6,9-10H2,1-3H3,(H2,17,19,20,21). The molecule has 0 saturated heterocycles. The van der Waals surface area contributed by atoms with Gasteiger partial charge < -0.3 is 20.1 Å². The van der Waals surface area contributed by atoms with Crippen molar-refractivity contribution >= 4 is 17.5 Å². The maximum Gasteiger partial charge on any atom is 0.244 e. The lowest BCUT2D eigenvalue weighted by Gasteiger charge is -2.15. The van der Waals surface area contributed by atoms with Crippen molar-refractivity contribution in [1.29, 1.82) is 0 Å². The number of nitrogens with one attached hydrogen (secondary N) is 2. The van der Waals surface area contributed by atoms with Gasteiger partial charge in [-0.1, -0.05) is 12.1 Å². The third kappa shape index (κ3) is 5.71. The summed E-state index contributed by atoms with van der Waals surface area (Å²) in [6.07, 6.45) is 2.55. The Kier molecular flexibility index (Phi) is 6.56. The van der Waals surface area contributed by atoms with Crippen molar-refractivity contribution in [3.8, 4) is 5.75 Å². The number of aromatic nitrogens is 3. The van der Waals surface area contributed by atoms with Crippen LogP contribution in [0.2, 0.25) is 0 Å². The highest BCUT2D eigenvalue weighted by molar-refractivity contribution is 5.64. The molecule has 124 valence electrons. The maximum absolute atomic E-state index is 5.78. The Hall–Kier alpha value is -2.41. The van der Waals surface area contributed by atoms with Crippen LogP contribution in [0.3, 0.4) is 0 Å². The van der Waals surface area contributed by atoms with Gasteiger partial charge in [0.05, 0.1) is 18.0 Å². The molecule has 1 heterocycles. The predicted molar refractivity (Wildman–Crippen MR) is 90.3 cm³/mol. The Morgan fingerprint density at radius 1 is 1.22 bits per heavy atom. The average molecular weight is 317 g/mol. The van der Waals surface area contributed by atoms with Crippen molar-refractivity contribution in [2.75, 3.05) is 30.9 Å². The van der Waals surface area contributed by atoms with E-state index < -0.39 is 0 Å². The van der Waals surface area contributed by atoms with E-state index >= 15 is 0 Å². The quantitative estimate of drug-likeness (QED) is 0.688. The summed E-state index contributed by atoms with van der Waals surface area (Å²) in [6, 6.07) is 7.73. The largest absolute Gasteiger partial charge is 0.489 e. The molecule has 0 atom stereocenters. The average Bonchev–Trinajstić information content (AvgIpc) is 2.53. The third-order valence-electron chi connectivity index (χ3n) is 2.88. The zero-order valence-corrected chi connectivity index (χ0v) is 13.7. The summed E-state index contributed by atoms with van der Waals surface area (Å²) in [7, 11) is 1.68. The molecule has 0 bridgehead atoms. The molecule has 0 fully saturated rings. The number of benzene rings is 1. The Balaban J connectivity index is 2.03. The van der Waals surface area contributed by atoms with Gasteiger partial charge in [-0.05, 0) is 32.4 Å². The van der Waals surface area contributed by atoms with E-state index in [2.05, 4.69) is 25.8 Å². The number of nitrogens with zero attached hydrogens (tertiary/aromatic N) is 3. The Morgan fingerprint density at radius 3 is 2.83 bits per heavy atom. The molecule has 2 N–H and O–H groups in total. The molecule has 7 nitrogen and oxygen atoms in total. The van der Waals surface area contributed by atoms with E-state index in [-0.39, 0.29) is 6.10 Å². The summed E-state index contributed by atoms with van der Waals surface area (Å²) >= 11 is 0. The molecule has 0 aliphatic heterocycles. The molecule has 0 spiro atoms. The van der Waals surface area contributed by atoms with Crippen LogP contribution in [0.25, 0.3) is 0 Å². The van der Waals surface area contributed by atoms with Crippen molar-refractivity contribution < 1.29 is 9.47 Å². The van der Waals surface area contributed by atoms with Crippen molar-refractivity contribution in [3.05, 3.63) is 30.5 Å². The first-order valence-corrected chi connectivity index (χ1v) is 7.64. The van der Waals surface area contributed by atoms with Gasteiger partial charge in [0, 0.05) is 20.3 Å². The van der Waals surface area contributed by atoms with Crippen LogP contribution < -0.4 is 15.4 Å². The molecular weight excluding hydrogens is 294 g/mol. The Morgan fingerprint density at radius 2 is 2.04 bits per heavy atom. The van der Waals surface area contributed by atoms with Crippen LogP contribution in [0.1, 0.15) is 20.3 Å². The number of para-hydroxylation sites is 2. The number of anilines is 3. The highest BCUT2D eigenvalue weighted by Gasteiger charge is 2.07. The Bertz CT molecular complexity index is 607. The second kappa shape index (κ2) is 8.89. The van der Waals surface area contributed by atoms with Gasteiger partial charge in [-0.3, -0.25) is 0 Å². The summed E-state index contributed by atoms with van der Waals surface area (Å²) in [5.74, 6) is 1.86. The first-order chi connectivity index (χ1) is 11.2. The van der Waals surface area contributed by atoms with Crippen molar-refractivity contribution in [1.82, 2.24) is 15.2 Å². The molecule has 7 heteroatoms. The number of hydrogen-bond acceptors (Lipinski definition) is 7. The molecule has 0 unspecified atom stereocenters. The lowest BCUT2D eigenvalue weighted by atomic mass is 10.3. The monoisotopic (exact) mass is 317 g/mol. The second-order valence-electron chi connectivity index (χ2n) is 5.23. The topological polar surface area (TPSA) is 81.2 Å². The highest BCUT2D eigenvalue weighted by atomic mass is 16.5. The fourth-order valence-electron chi connectivity index (χ4n) is 1.92. The fraction of sp³-hybridized carbons (Fsp3) is 0.438. The molecule has 0 radical (unpaired) electrons. The third-order valence-corrected chi connectivity index (χ3v) is 2.88. The van der Waals surface area contributed by atoms with Crippen LogP contribution in [-0.2, 0) is 4.74 Å². The minimum Gasteiger partial charge on any atom is -0.489 e. The number of ether oxygens (including phenoxy) is 2. The van der Waals surface area contributed by atoms with E-state index in [9.17, 15) is 0 Å². The van der Waals surface area contributed by atoms with E-state index in [0.717, 1.165) is 24.4 Å². The summed E-state index contributed by atoms with van der Waals surface area (Å²) in [6.45, 7) is 5.40. The van der Waals surface area contributed by atoms with Crippen molar-refractivity contribution in [3.63, 3.8) is 0 Å². The van der Waals surface area contributed by atoms with E-state index in [1.54, 1.807) is 13.3 Å². The maximum atomic E-state index is 5.78. The van der Waals surface area contributed by atoms with E-state index in [1.807, 2.05) is 38.1 Å². The van der Waals surface area contributed by atoms with Gasteiger partial charge in [-0.2, -0.15) is 10.1 Å². The molecular formula is C16H23N5O2. The Labute approximate surface area is 136 Å². The SMILES string of the molecule is COCCCNc1nncc(Nc2ccccc2OC(C)C)n1. The van der Waals surface area contributed by atoms with E-state index in [4.69, 9.17) is 9.47 Å². The van der Waals surface area contributed by atoms with E-state index in [0.29, 0.717) is 18.4 Å². The van der Waals surface area contributed by atoms with Crippen LogP contribution in [0.5, 0.6) is 5.75 Å². The van der Waals surface area contributed by atoms with Crippen LogP contribution in [0.4, 0.5) is 17.5 Å². The van der Waals surface area contributed by atoms with Crippen LogP contribution in [0.15, 0.2) is 30.5 Å². The zero-order valence-electron chi connectivity index (χ0n) is 13.7. The molecule has 0 aliphatic carbocycles. The van der Waals surface area contributed by atoms with Gasteiger partial charge in [0.25, 0.3) is 0 Å². The minimum atomic E-state index is 0.0967. The molecule has 1 aromatic heterocycles. The number of methoxy groups -OCH3 is 1. The number of rotatable bonds is 9. The molecule has 2 rings (SSSR count). The van der Waals surface area contributed by atoms with E-state index in [1.165, 1.54) is 0 Å². The van der Waals surface area contributed by atoms with Crippen LogP contribution in [-0.4, -0.2) is 41.5 Å². The lowest BCUT2D eigenvalue weighted by Crippen LogP contribution is -2.10. The van der Waals surface area contributed by atoms with Crippen LogP contribution >= 0.6 is 0 Å². The molecule has 0 saturated carbocycles. The van der Waals surface area contributed by atoms with Gasteiger partial charge in [-0.25, -0.2) is 0 Å². The summed E-state index contributed by atoms with van der Waals surface area (Å²) in [4.78, 5) is 4.39. The van der Waals surface area contributed by atoms with Gasteiger partial charge in [-0.15, -0.1) is 5.10 Å². The first kappa shape index (κ1) is 17.0. The molecule has 2 aromatic rings. The lowest BCUT2D eigenvalue weighted by molar-refractivity contribution is 0.197. The van der Waals surface area contributed by atoms with Gasteiger partial charge >= 0.3 is 0 Å². The normalized spacial score (nSPS) is 10.6. The first-order valence-electron chi connectivity index (χ1n) is 7.64. The zero-order chi connectivity index (χ0) is 16.5.